The first-order chi connectivity index (χ1) is 10.4. The van der Waals surface area contributed by atoms with Crippen molar-refractivity contribution in [2.75, 3.05) is 13.7 Å². The first-order valence-corrected chi connectivity index (χ1v) is 8.44. The summed E-state index contributed by atoms with van der Waals surface area (Å²) in [5.41, 5.74) is -0.0300. The smallest absolute Gasteiger partial charge is 0.261 e. The van der Waals surface area contributed by atoms with Gasteiger partial charge in [-0.2, -0.15) is 0 Å². The van der Waals surface area contributed by atoms with Gasteiger partial charge < -0.3 is 15.2 Å². The fourth-order valence-electron chi connectivity index (χ4n) is 2.04. The van der Waals surface area contributed by atoms with Crippen molar-refractivity contribution in [3.63, 3.8) is 0 Å². The molecule has 4 nitrogen and oxygen atoms in total. The highest BCUT2D eigenvalue weighted by Gasteiger charge is 2.22. The van der Waals surface area contributed by atoms with E-state index in [-0.39, 0.29) is 12.5 Å². The molecule has 0 spiro atoms. The lowest BCUT2D eigenvalue weighted by Gasteiger charge is -2.23. The highest BCUT2D eigenvalue weighted by Crippen LogP contribution is 2.20. The van der Waals surface area contributed by atoms with Crippen LogP contribution in [-0.2, 0) is 6.42 Å². The molecule has 2 aromatic rings. The zero-order chi connectivity index (χ0) is 16.2. The first kappa shape index (κ1) is 17.0. The topological polar surface area (TPSA) is 58.6 Å². The Morgan fingerprint density at radius 1 is 1.41 bits per heavy atom. The second-order valence-electron chi connectivity index (χ2n) is 5.33. The summed E-state index contributed by atoms with van der Waals surface area (Å²) in [5, 5.41) is 15.1. The van der Waals surface area contributed by atoms with Crippen molar-refractivity contribution in [2.24, 2.45) is 0 Å². The van der Waals surface area contributed by atoms with Crippen LogP contribution in [0.15, 0.2) is 40.2 Å². The Bertz CT molecular complexity index is 637. The summed E-state index contributed by atoms with van der Waals surface area (Å²) in [6, 6.07) is 9.29. The molecule has 1 aromatic carbocycles. The van der Waals surface area contributed by atoms with Gasteiger partial charge in [0.15, 0.2) is 0 Å². The predicted molar refractivity (Wildman–Crippen MR) is 91.7 cm³/mol. The zero-order valence-electron chi connectivity index (χ0n) is 12.4. The number of ether oxygens (including phenoxy) is 1. The Morgan fingerprint density at radius 2 is 2.09 bits per heavy atom. The number of rotatable bonds is 6. The van der Waals surface area contributed by atoms with Crippen molar-refractivity contribution in [1.29, 1.82) is 0 Å². The van der Waals surface area contributed by atoms with Crippen molar-refractivity contribution in [3.05, 3.63) is 50.6 Å². The van der Waals surface area contributed by atoms with E-state index in [4.69, 9.17) is 4.74 Å². The molecule has 0 radical (unpaired) electrons. The van der Waals surface area contributed by atoms with Crippen molar-refractivity contribution in [3.8, 4) is 5.75 Å². The fraction of sp³-hybridized carbons (Fsp3) is 0.312. The quantitative estimate of drug-likeness (QED) is 0.804. The summed E-state index contributed by atoms with van der Waals surface area (Å²) in [6.45, 7) is 1.90. The third-order valence-electron chi connectivity index (χ3n) is 3.17. The Hall–Kier alpha value is -1.37. The van der Waals surface area contributed by atoms with E-state index < -0.39 is 5.60 Å². The third kappa shape index (κ3) is 4.83. The van der Waals surface area contributed by atoms with Crippen LogP contribution in [0.3, 0.4) is 0 Å². The molecule has 1 heterocycles. The first-order valence-electron chi connectivity index (χ1n) is 6.77. The summed E-state index contributed by atoms with van der Waals surface area (Å²) in [5.74, 6) is 0.602. The summed E-state index contributed by atoms with van der Waals surface area (Å²) >= 11 is 4.68. The molecule has 0 aliphatic carbocycles. The van der Waals surface area contributed by atoms with Crippen molar-refractivity contribution < 1.29 is 14.6 Å². The molecule has 0 fully saturated rings. The molecule has 1 unspecified atom stereocenters. The van der Waals surface area contributed by atoms with Gasteiger partial charge in [-0.3, -0.25) is 4.79 Å². The van der Waals surface area contributed by atoms with E-state index in [1.165, 1.54) is 11.3 Å². The highest BCUT2D eigenvalue weighted by molar-refractivity contribution is 9.10. The second-order valence-corrected chi connectivity index (χ2v) is 7.16. The average Bonchev–Trinajstić information content (AvgIpc) is 2.92. The van der Waals surface area contributed by atoms with Crippen LogP contribution in [-0.4, -0.2) is 30.3 Å². The van der Waals surface area contributed by atoms with Crippen LogP contribution in [0.2, 0.25) is 0 Å². The van der Waals surface area contributed by atoms with Crippen LogP contribution in [0.4, 0.5) is 0 Å². The number of hydrogen-bond donors (Lipinski definition) is 2. The van der Waals surface area contributed by atoms with E-state index in [9.17, 15) is 9.90 Å². The van der Waals surface area contributed by atoms with Gasteiger partial charge in [0.2, 0.25) is 0 Å². The third-order valence-corrected chi connectivity index (χ3v) is 4.85. The van der Waals surface area contributed by atoms with Crippen molar-refractivity contribution >= 4 is 33.2 Å². The summed E-state index contributed by atoms with van der Waals surface area (Å²) in [7, 11) is 1.61. The van der Waals surface area contributed by atoms with Gasteiger partial charge in [0.25, 0.3) is 5.91 Å². The average molecular weight is 384 g/mol. The van der Waals surface area contributed by atoms with Gasteiger partial charge in [0.05, 0.1) is 17.6 Å². The van der Waals surface area contributed by atoms with E-state index in [1.807, 2.05) is 29.6 Å². The van der Waals surface area contributed by atoms with E-state index in [2.05, 4.69) is 21.2 Å². The number of carbonyl (C=O) groups excluding carboxylic acids is 1. The van der Waals surface area contributed by atoms with Crippen LogP contribution >= 0.6 is 27.3 Å². The van der Waals surface area contributed by atoms with Crippen LogP contribution in [0.25, 0.3) is 0 Å². The lowest BCUT2D eigenvalue weighted by atomic mass is 9.96. The summed E-state index contributed by atoms with van der Waals surface area (Å²) in [4.78, 5) is 12.6. The minimum absolute atomic E-state index is 0.175. The lowest BCUT2D eigenvalue weighted by molar-refractivity contribution is 0.0554. The molecule has 118 valence electrons. The number of aliphatic hydroxyl groups is 1. The molecule has 0 bridgehead atoms. The van der Waals surface area contributed by atoms with Crippen LogP contribution < -0.4 is 10.1 Å². The monoisotopic (exact) mass is 383 g/mol. The molecule has 0 aliphatic heterocycles. The minimum atomic E-state index is -1.02. The molecule has 6 heteroatoms. The molecule has 1 aromatic heterocycles. The maximum Gasteiger partial charge on any atom is 0.261 e. The maximum atomic E-state index is 12.0. The van der Waals surface area contributed by atoms with Gasteiger partial charge in [-0.05, 0) is 46.6 Å². The van der Waals surface area contributed by atoms with Gasteiger partial charge in [-0.1, -0.05) is 12.1 Å². The Kier molecular flexibility index (Phi) is 5.61. The Labute approximate surface area is 142 Å². The van der Waals surface area contributed by atoms with E-state index in [0.717, 1.165) is 15.8 Å². The molecule has 22 heavy (non-hydrogen) atoms. The minimum Gasteiger partial charge on any atom is -0.497 e. The summed E-state index contributed by atoms with van der Waals surface area (Å²) < 4.78 is 5.99. The maximum absolute atomic E-state index is 12.0. The standard InChI is InChI=1S/C16H18BrNO3S/c1-16(20,8-11-3-5-13(21-2)6-4-11)10-18-15(19)14-7-12(17)9-22-14/h3-7,9,20H,8,10H2,1-2H3,(H,18,19). The molecular formula is C16H18BrNO3S. The highest BCUT2D eigenvalue weighted by atomic mass is 79.9. The Morgan fingerprint density at radius 3 is 2.64 bits per heavy atom. The number of halogens is 1. The number of carbonyl (C=O) groups is 1. The van der Waals surface area contributed by atoms with Gasteiger partial charge in [0.1, 0.15) is 5.75 Å². The lowest BCUT2D eigenvalue weighted by Crippen LogP contribution is -2.42. The van der Waals surface area contributed by atoms with Gasteiger partial charge >= 0.3 is 0 Å². The van der Waals surface area contributed by atoms with E-state index in [1.54, 1.807) is 20.1 Å². The van der Waals surface area contributed by atoms with Crippen LogP contribution in [0, 0.1) is 0 Å². The largest absolute Gasteiger partial charge is 0.497 e. The molecule has 0 saturated heterocycles. The second kappa shape index (κ2) is 7.26. The summed E-state index contributed by atoms with van der Waals surface area (Å²) in [6.07, 6.45) is 0.450. The van der Waals surface area contributed by atoms with Crippen molar-refractivity contribution in [1.82, 2.24) is 5.32 Å². The number of thiophene rings is 1. The van der Waals surface area contributed by atoms with Gasteiger partial charge in [0, 0.05) is 22.8 Å². The van der Waals surface area contributed by atoms with E-state index >= 15 is 0 Å². The zero-order valence-corrected chi connectivity index (χ0v) is 14.8. The van der Waals surface area contributed by atoms with Gasteiger partial charge in [-0.25, -0.2) is 0 Å². The molecule has 0 saturated carbocycles. The van der Waals surface area contributed by atoms with E-state index in [0.29, 0.717) is 11.3 Å². The molecule has 2 N–H and O–H groups in total. The predicted octanol–water partition coefficient (Wildman–Crippen LogP) is 3.24. The molecular weight excluding hydrogens is 366 g/mol. The fourth-order valence-corrected chi connectivity index (χ4v) is 3.38. The molecule has 2 rings (SSSR count). The van der Waals surface area contributed by atoms with Gasteiger partial charge in [-0.15, -0.1) is 11.3 Å². The number of methoxy groups -OCH3 is 1. The van der Waals surface area contributed by atoms with Crippen molar-refractivity contribution in [2.45, 2.75) is 18.9 Å². The molecule has 1 atom stereocenters. The van der Waals surface area contributed by atoms with Crippen LogP contribution in [0.5, 0.6) is 5.75 Å². The Balaban J connectivity index is 1.91. The number of hydrogen-bond acceptors (Lipinski definition) is 4. The molecule has 0 aliphatic rings. The normalized spacial score (nSPS) is 13.5. The number of nitrogens with one attached hydrogen (secondary N) is 1. The number of benzene rings is 1. The van der Waals surface area contributed by atoms with Crippen LogP contribution in [0.1, 0.15) is 22.2 Å². The molecule has 1 amide bonds. The number of amides is 1. The SMILES string of the molecule is COc1ccc(CC(C)(O)CNC(=O)c2cc(Br)cs2)cc1.